The second-order valence-electron chi connectivity index (χ2n) is 7.08. The van der Waals surface area contributed by atoms with E-state index in [0.29, 0.717) is 22.8 Å². The third-order valence-electron chi connectivity index (χ3n) is 4.95. The lowest BCUT2D eigenvalue weighted by molar-refractivity contribution is 0.309. The molecular formula is C20H24FN3O2S2. The second-order valence-corrected chi connectivity index (χ2v) is 9.17. The van der Waals surface area contributed by atoms with E-state index in [2.05, 4.69) is 22.3 Å². The summed E-state index contributed by atoms with van der Waals surface area (Å²) in [5.41, 5.74) is 0.460. The largest absolute Gasteiger partial charge is 0.359 e. The van der Waals surface area contributed by atoms with Gasteiger partial charge in [0.05, 0.1) is 10.6 Å². The summed E-state index contributed by atoms with van der Waals surface area (Å²) in [6.45, 7) is 2.21. The normalized spacial score (nSPS) is 19.6. The number of nitrogens with one attached hydrogen (secondary N) is 3. The Morgan fingerprint density at radius 3 is 2.61 bits per heavy atom. The predicted octanol–water partition coefficient (Wildman–Crippen LogP) is 4.49. The van der Waals surface area contributed by atoms with Gasteiger partial charge in [-0.3, -0.25) is 4.72 Å². The summed E-state index contributed by atoms with van der Waals surface area (Å²) in [4.78, 5) is 0.0228. The van der Waals surface area contributed by atoms with Crippen LogP contribution in [0.15, 0.2) is 53.4 Å². The van der Waals surface area contributed by atoms with Crippen molar-refractivity contribution in [3.63, 3.8) is 0 Å². The molecule has 2 aromatic rings. The summed E-state index contributed by atoms with van der Waals surface area (Å²) in [6.07, 6.45) is 4.67. The molecule has 3 N–H and O–H groups in total. The molecule has 0 bridgehead atoms. The van der Waals surface area contributed by atoms with Gasteiger partial charge in [-0.15, -0.1) is 0 Å². The lowest BCUT2D eigenvalue weighted by atomic mass is 9.86. The third-order valence-corrected chi connectivity index (χ3v) is 6.53. The van der Waals surface area contributed by atoms with Gasteiger partial charge in [0.25, 0.3) is 10.0 Å². The van der Waals surface area contributed by atoms with Crippen molar-refractivity contribution in [2.24, 2.45) is 5.92 Å². The second kappa shape index (κ2) is 8.87. The highest BCUT2D eigenvalue weighted by atomic mass is 32.2. The van der Waals surface area contributed by atoms with Gasteiger partial charge in [0, 0.05) is 11.7 Å². The zero-order chi connectivity index (χ0) is 20.1. The van der Waals surface area contributed by atoms with Gasteiger partial charge in [-0.1, -0.05) is 38.0 Å². The predicted molar refractivity (Wildman–Crippen MR) is 114 cm³/mol. The van der Waals surface area contributed by atoms with E-state index in [9.17, 15) is 12.8 Å². The van der Waals surface area contributed by atoms with Gasteiger partial charge in [-0.25, -0.2) is 12.8 Å². The van der Waals surface area contributed by atoms with Crippen molar-refractivity contribution in [1.29, 1.82) is 0 Å². The molecule has 8 heteroatoms. The highest BCUT2D eigenvalue weighted by molar-refractivity contribution is 7.92. The quantitative estimate of drug-likeness (QED) is 0.621. The summed E-state index contributed by atoms with van der Waals surface area (Å²) in [7, 11) is -3.92. The van der Waals surface area contributed by atoms with Crippen LogP contribution in [0, 0.1) is 11.7 Å². The van der Waals surface area contributed by atoms with Gasteiger partial charge in [-0.2, -0.15) is 0 Å². The first-order valence-electron chi connectivity index (χ1n) is 9.30. The van der Waals surface area contributed by atoms with Crippen LogP contribution in [0.4, 0.5) is 15.8 Å². The number of anilines is 2. The number of halogens is 1. The monoisotopic (exact) mass is 421 g/mol. The number of hydrogen-bond acceptors (Lipinski definition) is 3. The van der Waals surface area contributed by atoms with Crippen LogP contribution in [-0.2, 0) is 10.0 Å². The molecule has 0 unspecified atom stereocenters. The molecule has 0 saturated heterocycles. The first kappa shape index (κ1) is 20.5. The molecular weight excluding hydrogens is 397 g/mol. The van der Waals surface area contributed by atoms with E-state index in [1.54, 1.807) is 18.2 Å². The molecule has 0 radical (unpaired) electrons. The van der Waals surface area contributed by atoms with Crippen LogP contribution >= 0.6 is 12.2 Å². The Bertz CT molecular complexity index is 950. The van der Waals surface area contributed by atoms with Gasteiger partial charge >= 0.3 is 0 Å². The molecule has 2 aromatic carbocycles. The number of thiocarbonyl (C=S) groups is 1. The Kier molecular flexibility index (Phi) is 6.51. The first-order chi connectivity index (χ1) is 13.3. The standard InChI is InChI=1S/C20H24FN3O2S2/c1-14-7-2-4-11-18(14)23-20(27)22-15-8-6-9-16(13-15)28(25,26)24-19-12-5-3-10-17(19)21/h3,5-6,8-10,12-14,18,24H,2,4,7,11H2,1H3,(H2,22,23,27)/t14-,18+/m1/s1. The maximum atomic E-state index is 13.8. The highest BCUT2D eigenvalue weighted by Gasteiger charge is 2.22. The van der Waals surface area contributed by atoms with E-state index >= 15 is 0 Å². The van der Waals surface area contributed by atoms with Crippen LogP contribution in [0.5, 0.6) is 0 Å². The van der Waals surface area contributed by atoms with Gasteiger partial charge in [0.2, 0.25) is 0 Å². The molecule has 3 rings (SSSR count). The van der Waals surface area contributed by atoms with E-state index in [4.69, 9.17) is 12.2 Å². The maximum absolute atomic E-state index is 13.8. The average molecular weight is 422 g/mol. The molecule has 2 atom stereocenters. The van der Waals surface area contributed by atoms with E-state index in [1.165, 1.54) is 49.6 Å². The van der Waals surface area contributed by atoms with Gasteiger partial charge in [0.15, 0.2) is 5.11 Å². The number of benzene rings is 2. The molecule has 1 aliphatic rings. The van der Waals surface area contributed by atoms with Crippen molar-refractivity contribution in [2.75, 3.05) is 10.0 Å². The third kappa shape index (κ3) is 5.20. The number of hydrogen-bond donors (Lipinski definition) is 3. The van der Waals surface area contributed by atoms with Crippen molar-refractivity contribution in [2.45, 2.75) is 43.5 Å². The average Bonchev–Trinajstić information content (AvgIpc) is 2.65. The van der Waals surface area contributed by atoms with Gasteiger partial charge < -0.3 is 10.6 Å². The highest BCUT2D eigenvalue weighted by Crippen LogP contribution is 2.24. The Morgan fingerprint density at radius 2 is 1.86 bits per heavy atom. The number of para-hydroxylation sites is 1. The topological polar surface area (TPSA) is 70.2 Å². The molecule has 150 valence electrons. The summed E-state index contributed by atoms with van der Waals surface area (Å²) in [6, 6.07) is 12.2. The van der Waals surface area contributed by atoms with Crippen molar-refractivity contribution in [3.8, 4) is 0 Å². The summed E-state index contributed by atoms with van der Waals surface area (Å²) in [5.74, 6) is -0.0856. The fourth-order valence-electron chi connectivity index (χ4n) is 3.35. The molecule has 1 fully saturated rings. The summed E-state index contributed by atoms with van der Waals surface area (Å²) in [5, 5.41) is 6.85. The molecule has 5 nitrogen and oxygen atoms in total. The Hall–Kier alpha value is -2.19. The smallest absolute Gasteiger partial charge is 0.262 e. The van der Waals surface area contributed by atoms with Crippen LogP contribution in [0.3, 0.4) is 0 Å². The zero-order valence-corrected chi connectivity index (χ0v) is 17.2. The van der Waals surface area contributed by atoms with E-state index < -0.39 is 15.8 Å². The fourth-order valence-corrected chi connectivity index (χ4v) is 4.74. The van der Waals surface area contributed by atoms with Crippen LogP contribution in [0.1, 0.15) is 32.6 Å². The first-order valence-corrected chi connectivity index (χ1v) is 11.2. The lowest BCUT2D eigenvalue weighted by Gasteiger charge is -2.30. The van der Waals surface area contributed by atoms with Crippen LogP contribution < -0.4 is 15.4 Å². The van der Waals surface area contributed by atoms with Crippen LogP contribution in [0.25, 0.3) is 0 Å². The van der Waals surface area contributed by atoms with Crippen molar-refractivity contribution in [3.05, 3.63) is 54.3 Å². The molecule has 28 heavy (non-hydrogen) atoms. The van der Waals surface area contributed by atoms with E-state index in [1.807, 2.05) is 0 Å². The zero-order valence-electron chi connectivity index (χ0n) is 15.6. The Morgan fingerprint density at radius 1 is 1.11 bits per heavy atom. The number of rotatable bonds is 5. The minimum Gasteiger partial charge on any atom is -0.359 e. The fraction of sp³-hybridized carbons (Fsp3) is 0.350. The van der Waals surface area contributed by atoms with E-state index in [0.717, 1.165) is 6.42 Å². The molecule has 0 heterocycles. The van der Waals surface area contributed by atoms with Gasteiger partial charge in [0.1, 0.15) is 5.82 Å². The lowest BCUT2D eigenvalue weighted by Crippen LogP contribution is -2.43. The minimum atomic E-state index is -3.92. The Balaban J connectivity index is 1.69. The maximum Gasteiger partial charge on any atom is 0.262 e. The molecule has 1 saturated carbocycles. The molecule has 0 aromatic heterocycles. The molecule has 1 aliphatic carbocycles. The van der Waals surface area contributed by atoms with Crippen LogP contribution in [-0.4, -0.2) is 19.6 Å². The van der Waals surface area contributed by atoms with Crippen molar-refractivity contribution < 1.29 is 12.8 Å². The SMILES string of the molecule is C[C@@H]1CCCC[C@@H]1NC(=S)Nc1cccc(S(=O)(=O)Nc2ccccc2F)c1. The Labute approximate surface area is 170 Å². The molecule has 0 spiro atoms. The van der Waals surface area contributed by atoms with Crippen LogP contribution in [0.2, 0.25) is 0 Å². The van der Waals surface area contributed by atoms with E-state index in [-0.39, 0.29) is 10.6 Å². The molecule has 0 aliphatic heterocycles. The summed E-state index contributed by atoms with van der Waals surface area (Å²) >= 11 is 5.39. The minimum absolute atomic E-state index is 0.0228. The summed E-state index contributed by atoms with van der Waals surface area (Å²) < 4.78 is 41.2. The molecule has 0 amide bonds. The van der Waals surface area contributed by atoms with Gasteiger partial charge in [-0.05, 0) is 61.3 Å². The van der Waals surface area contributed by atoms with Crippen molar-refractivity contribution in [1.82, 2.24) is 5.32 Å². The number of sulfonamides is 1. The van der Waals surface area contributed by atoms with Crippen molar-refractivity contribution >= 4 is 38.7 Å².